The summed E-state index contributed by atoms with van der Waals surface area (Å²) >= 11 is 0. The van der Waals surface area contributed by atoms with Crippen LogP contribution < -0.4 is 25.4 Å². The topological polar surface area (TPSA) is 84.0 Å². The molecule has 7 nitrogen and oxygen atoms in total. The van der Waals surface area contributed by atoms with Crippen LogP contribution in [0.3, 0.4) is 0 Å². The Hall–Kier alpha value is -3.29. The van der Waals surface area contributed by atoms with Gasteiger partial charge < -0.3 is 25.4 Å². The van der Waals surface area contributed by atoms with Crippen molar-refractivity contribution >= 4 is 11.9 Å². The Labute approximate surface area is 188 Å². The number of rotatable bonds is 11. The fourth-order valence-electron chi connectivity index (χ4n) is 2.98. The Balaban J connectivity index is 1.33. The molecule has 0 saturated heterocycles. The highest BCUT2D eigenvalue weighted by atomic mass is 19.1. The molecule has 3 rings (SSSR count). The van der Waals surface area contributed by atoms with E-state index in [4.69, 9.17) is 9.47 Å². The summed E-state index contributed by atoms with van der Waals surface area (Å²) in [6.07, 6.45) is 2.69. The standard InChI is InChI=1S/C24H31FN4O3/c1-17(32-22-6-4-3-5-21(22)25)15-28-24(26-2)27-14-13-18-7-11-20(12-8-18)31-16-23(30)29-19-9-10-19/h3-8,11-12,17,19H,9-10,13-16H2,1-2H3,(H,29,30)(H2,26,27,28). The van der Waals surface area contributed by atoms with Gasteiger partial charge in [0, 0.05) is 19.6 Å². The molecule has 1 saturated carbocycles. The Kier molecular flexibility index (Phi) is 8.71. The van der Waals surface area contributed by atoms with E-state index in [1.807, 2.05) is 31.2 Å². The van der Waals surface area contributed by atoms with Crippen LogP contribution in [0.15, 0.2) is 53.5 Å². The number of guanidine groups is 1. The lowest BCUT2D eigenvalue weighted by Gasteiger charge is -2.18. The smallest absolute Gasteiger partial charge is 0.258 e. The largest absolute Gasteiger partial charge is 0.486 e. The molecule has 0 aromatic heterocycles. The number of carbonyl (C=O) groups excluding carboxylic acids is 1. The van der Waals surface area contributed by atoms with E-state index in [9.17, 15) is 9.18 Å². The van der Waals surface area contributed by atoms with Gasteiger partial charge in [-0.25, -0.2) is 4.39 Å². The molecule has 8 heteroatoms. The van der Waals surface area contributed by atoms with E-state index in [-0.39, 0.29) is 30.2 Å². The summed E-state index contributed by atoms with van der Waals surface area (Å²) in [5.41, 5.74) is 1.14. The van der Waals surface area contributed by atoms with Gasteiger partial charge in [-0.2, -0.15) is 0 Å². The van der Waals surface area contributed by atoms with Gasteiger partial charge in [-0.1, -0.05) is 24.3 Å². The highest BCUT2D eigenvalue weighted by Gasteiger charge is 2.23. The number of carbonyl (C=O) groups is 1. The van der Waals surface area contributed by atoms with Crippen molar-refractivity contribution in [3.05, 3.63) is 59.9 Å². The second kappa shape index (κ2) is 11.9. The Morgan fingerprint density at radius 3 is 2.59 bits per heavy atom. The van der Waals surface area contributed by atoms with Crippen LogP contribution in [0.25, 0.3) is 0 Å². The van der Waals surface area contributed by atoms with Crippen molar-refractivity contribution in [1.29, 1.82) is 0 Å². The van der Waals surface area contributed by atoms with Crippen LogP contribution in [0.4, 0.5) is 4.39 Å². The number of para-hydroxylation sites is 1. The average molecular weight is 443 g/mol. The average Bonchev–Trinajstić information content (AvgIpc) is 3.61. The molecule has 0 radical (unpaired) electrons. The lowest BCUT2D eigenvalue weighted by atomic mass is 10.1. The number of ether oxygens (including phenoxy) is 2. The number of nitrogens with one attached hydrogen (secondary N) is 3. The maximum Gasteiger partial charge on any atom is 0.258 e. The first-order valence-corrected chi connectivity index (χ1v) is 10.9. The zero-order chi connectivity index (χ0) is 22.8. The number of hydrogen-bond donors (Lipinski definition) is 3. The lowest BCUT2D eigenvalue weighted by molar-refractivity contribution is -0.123. The second-order valence-electron chi connectivity index (χ2n) is 7.76. The van der Waals surface area contributed by atoms with Gasteiger partial charge in [0.05, 0.1) is 6.54 Å². The molecule has 1 fully saturated rings. The lowest BCUT2D eigenvalue weighted by Crippen LogP contribution is -2.42. The van der Waals surface area contributed by atoms with Crippen molar-refractivity contribution < 1.29 is 18.7 Å². The number of nitrogens with zero attached hydrogens (tertiary/aromatic N) is 1. The van der Waals surface area contributed by atoms with Gasteiger partial charge in [-0.05, 0) is 56.0 Å². The molecular formula is C24H31FN4O3. The molecule has 172 valence electrons. The fraction of sp³-hybridized carbons (Fsp3) is 0.417. The summed E-state index contributed by atoms with van der Waals surface area (Å²) in [5.74, 6) is 1.11. The van der Waals surface area contributed by atoms with Crippen molar-refractivity contribution in [1.82, 2.24) is 16.0 Å². The molecule has 3 N–H and O–H groups in total. The normalized spacial score (nSPS) is 14.4. The third-order valence-electron chi connectivity index (χ3n) is 4.89. The first-order valence-electron chi connectivity index (χ1n) is 10.9. The third-order valence-corrected chi connectivity index (χ3v) is 4.89. The summed E-state index contributed by atoms with van der Waals surface area (Å²) in [6, 6.07) is 14.4. The van der Waals surface area contributed by atoms with Crippen molar-refractivity contribution in [3.8, 4) is 11.5 Å². The monoisotopic (exact) mass is 442 g/mol. The van der Waals surface area contributed by atoms with E-state index in [1.54, 1.807) is 25.2 Å². The molecule has 0 spiro atoms. The van der Waals surface area contributed by atoms with Crippen LogP contribution in [0, 0.1) is 5.82 Å². The van der Waals surface area contributed by atoms with Crippen molar-refractivity contribution in [2.75, 3.05) is 26.7 Å². The number of amides is 1. The third kappa shape index (κ3) is 8.09. The molecule has 1 amide bonds. The molecule has 1 aliphatic carbocycles. The quantitative estimate of drug-likeness (QED) is 0.368. The molecule has 2 aromatic carbocycles. The summed E-state index contributed by atoms with van der Waals surface area (Å²) in [4.78, 5) is 15.9. The van der Waals surface area contributed by atoms with Gasteiger partial charge in [0.15, 0.2) is 24.1 Å². The zero-order valence-electron chi connectivity index (χ0n) is 18.6. The predicted octanol–water partition coefficient (Wildman–Crippen LogP) is 2.66. The second-order valence-corrected chi connectivity index (χ2v) is 7.76. The zero-order valence-corrected chi connectivity index (χ0v) is 18.6. The molecule has 0 bridgehead atoms. The molecule has 2 aromatic rings. The molecule has 0 aliphatic heterocycles. The SMILES string of the molecule is CN=C(NCCc1ccc(OCC(=O)NC2CC2)cc1)NCC(C)Oc1ccccc1F. The van der Waals surface area contributed by atoms with E-state index in [2.05, 4.69) is 20.9 Å². The molecular weight excluding hydrogens is 411 g/mol. The summed E-state index contributed by atoms with van der Waals surface area (Å²) in [5, 5.41) is 9.33. The summed E-state index contributed by atoms with van der Waals surface area (Å²) in [7, 11) is 1.70. The molecule has 1 unspecified atom stereocenters. The minimum absolute atomic E-state index is 0.0401. The Morgan fingerprint density at radius 1 is 1.16 bits per heavy atom. The maximum atomic E-state index is 13.7. The first-order chi connectivity index (χ1) is 15.5. The van der Waals surface area contributed by atoms with Crippen molar-refractivity contribution in [3.63, 3.8) is 0 Å². The highest BCUT2D eigenvalue weighted by molar-refractivity contribution is 5.79. The van der Waals surface area contributed by atoms with Crippen molar-refractivity contribution in [2.24, 2.45) is 4.99 Å². The van der Waals surface area contributed by atoms with Gasteiger partial charge >= 0.3 is 0 Å². The minimum atomic E-state index is -0.375. The summed E-state index contributed by atoms with van der Waals surface area (Å²) < 4.78 is 24.8. The van der Waals surface area contributed by atoms with Crippen LogP contribution in [-0.2, 0) is 11.2 Å². The minimum Gasteiger partial charge on any atom is -0.486 e. The van der Waals surface area contributed by atoms with E-state index >= 15 is 0 Å². The maximum absolute atomic E-state index is 13.7. The molecule has 32 heavy (non-hydrogen) atoms. The van der Waals surface area contributed by atoms with Crippen molar-refractivity contribution in [2.45, 2.75) is 38.3 Å². The number of halogens is 1. The predicted molar refractivity (Wildman–Crippen MR) is 123 cm³/mol. The van der Waals surface area contributed by atoms with Crippen LogP contribution >= 0.6 is 0 Å². The van der Waals surface area contributed by atoms with E-state index in [1.165, 1.54) is 6.07 Å². The van der Waals surface area contributed by atoms with Crippen LogP contribution in [0.5, 0.6) is 11.5 Å². The summed E-state index contributed by atoms with van der Waals surface area (Å²) in [6.45, 7) is 3.07. The van der Waals surface area contributed by atoms with E-state index in [0.29, 0.717) is 30.8 Å². The molecule has 1 atom stereocenters. The first kappa shape index (κ1) is 23.4. The van der Waals surface area contributed by atoms with Crippen LogP contribution in [0.1, 0.15) is 25.3 Å². The van der Waals surface area contributed by atoms with E-state index in [0.717, 1.165) is 24.8 Å². The molecule has 0 heterocycles. The van der Waals surface area contributed by atoms with Gasteiger partial charge in [-0.15, -0.1) is 0 Å². The number of benzene rings is 2. The van der Waals surface area contributed by atoms with E-state index < -0.39 is 0 Å². The van der Waals surface area contributed by atoms with Gasteiger partial charge in [-0.3, -0.25) is 9.79 Å². The van der Waals surface area contributed by atoms with Gasteiger partial charge in [0.25, 0.3) is 5.91 Å². The van der Waals surface area contributed by atoms with Crippen LogP contribution in [-0.4, -0.2) is 50.8 Å². The van der Waals surface area contributed by atoms with Gasteiger partial charge in [0.2, 0.25) is 0 Å². The van der Waals surface area contributed by atoms with Gasteiger partial charge in [0.1, 0.15) is 11.9 Å². The Bertz CT molecular complexity index is 900. The fourth-order valence-corrected chi connectivity index (χ4v) is 2.98. The Morgan fingerprint density at radius 2 is 1.91 bits per heavy atom. The molecule has 1 aliphatic rings. The highest BCUT2D eigenvalue weighted by Crippen LogP contribution is 2.19. The number of hydrogen-bond acceptors (Lipinski definition) is 4. The van der Waals surface area contributed by atoms with Crippen LogP contribution in [0.2, 0.25) is 0 Å². The number of aliphatic imine (C=N–C) groups is 1.